The van der Waals surface area contributed by atoms with Crippen LogP contribution in [0.2, 0.25) is 0 Å². The maximum atomic E-state index is 12.0. The van der Waals surface area contributed by atoms with E-state index >= 15 is 0 Å². The number of thioether (sulfide) groups is 1. The Hall–Kier alpha value is -2.10. The molecule has 0 radical (unpaired) electrons. The Bertz CT molecular complexity index is 550. The van der Waals surface area contributed by atoms with Crippen molar-refractivity contribution in [1.82, 2.24) is 5.32 Å². The smallest absolute Gasteiger partial charge is 0.484 e. The molecule has 0 saturated heterocycles. The summed E-state index contributed by atoms with van der Waals surface area (Å²) in [6.45, 7) is -0.456. The summed E-state index contributed by atoms with van der Waals surface area (Å²) in [5.74, 6) is -1.48. The van der Waals surface area contributed by atoms with Gasteiger partial charge in [0.2, 0.25) is 0 Å². The molecule has 1 aromatic carbocycles. The van der Waals surface area contributed by atoms with Crippen LogP contribution in [0.25, 0.3) is 0 Å². The number of rotatable bonds is 9. The van der Waals surface area contributed by atoms with Gasteiger partial charge in [-0.2, -0.15) is 11.8 Å². The average molecular weight is 367 g/mol. The molecule has 1 atom stereocenters. The molecule has 6 nitrogen and oxygen atoms in total. The first kappa shape index (κ1) is 19.9. The van der Waals surface area contributed by atoms with E-state index in [1.54, 1.807) is 0 Å². The average Bonchev–Trinajstić information content (AvgIpc) is 2.49. The molecule has 2 N–H and O–H groups in total. The molecule has 24 heavy (non-hydrogen) atoms. The number of amides is 1. The Morgan fingerprint density at radius 1 is 1.25 bits per heavy atom. The van der Waals surface area contributed by atoms with E-state index in [0.717, 1.165) is 12.1 Å². The normalized spacial score (nSPS) is 12.3. The summed E-state index contributed by atoms with van der Waals surface area (Å²) in [4.78, 5) is 22.7. The van der Waals surface area contributed by atoms with Crippen molar-refractivity contribution in [3.63, 3.8) is 0 Å². The van der Waals surface area contributed by atoms with Crippen LogP contribution in [-0.4, -0.2) is 48.0 Å². The molecule has 0 saturated carbocycles. The van der Waals surface area contributed by atoms with Crippen molar-refractivity contribution >= 4 is 23.6 Å². The third kappa shape index (κ3) is 7.95. The van der Waals surface area contributed by atoms with E-state index in [4.69, 9.17) is 9.84 Å². The van der Waals surface area contributed by atoms with Gasteiger partial charge in [0.15, 0.2) is 6.61 Å². The summed E-state index contributed by atoms with van der Waals surface area (Å²) in [6, 6.07) is 3.47. The quantitative estimate of drug-likeness (QED) is 0.697. The van der Waals surface area contributed by atoms with Crippen LogP contribution in [0.4, 0.5) is 13.2 Å². The zero-order chi connectivity index (χ0) is 18.2. The fourth-order valence-electron chi connectivity index (χ4n) is 1.62. The number of carboxylic acids is 1. The highest BCUT2D eigenvalue weighted by molar-refractivity contribution is 7.98. The second-order valence-electron chi connectivity index (χ2n) is 4.55. The second-order valence-corrected chi connectivity index (χ2v) is 5.53. The number of carboxylic acid groups (broad SMARTS) is 1. The van der Waals surface area contributed by atoms with Crippen molar-refractivity contribution in [2.75, 3.05) is 18.6 Å². The van der Waals surface area contributed by atoms with Gasteiger partial charge in [0, 0.05) is 0 Å². The molecule has 0 heterocycles. The Kier molecular flexibility index (Phi) is 7.69. The lowest BCUT2D eigenvalue weighted by atomic mass is 10.2. The number of hydrogen-bond donors (Lipinski definition) is 2. The van der Waals surface area contributed by atoms with Crippen LogP contribution in [0.3, 0.4) is 0 Å². The molecule has 10 heteroatoms. The molecule has 0 aliphatic rings. The monoisotopic (exact) mass is 367 g/mol. The maximum absolute atomic E-state index is 12.0. The number of halogens is 3. The van der Waals surface area contributed by atoms with Crippen LogP contribution < -0.4 is 14.8 Å². The predicted octanol–water partition coefficient (Wildman–Crippen LogP) is 2.29. The highest BCUT2D eigenvalue weighted by atomic mass is 32.2. The minimum absolute atomic E-state index is 0.149. The minimum atomic E-state index is -4.79. The van der Waals surface area contributed by atoms with Gasteiger partial charge in [0.1, 0.15) is 17.5 Å². The van der Waals surface area contributed by atoms with Crippen molar-refractivity contribution in [1.29, 1.82) is 0 Å². The number of carbonyl (C=O) groups excluding carboxylic acids is 1. The Labute approximate surface area is 140 Å². The van der Waals surface area contributed by atoms with Crippen LogP contribution in [-0.2, 0) is 9.59 Å². The zero-order valence-corrected chi connectivity index (χ0v) is 13.4. The molecule has 0 fully saturated rings. The number of ether oxygens (including phenoxy) is 2. The van der Waals surface area contributed by atoms with Gasteiger partial charge in [-0.05, 0) is 42.7 Å². The van der Waals surface area contributed by atoms with Gasteiger partial charge < -0.3 is 19.9 Å². The summed E-state index contributed by atoms with van der Waals surface area (Å²) in [5, 5.41) is 11.3. The third-order valence-corrected chi connectivity index (χ3v) is 3.32. The molecule has 0 aliphatic heterocycles. The van der Waals surface area contributed by atoms with Crippen molar-refractivity contribution < 1.29 is 37.3 Å². The summed E-state index contributed by atoms with van der Waals surface area (Å²) in [7, 11) is 0. The van der Waals surface area contributed by atoms with E-state index in [1.807, 2.05) is 6.26 Å². The number of hydrogen-bond acceptors (Lipinski definition) is 5. The zero-order valence-electron chi connectivity index (χ0n) is 12.6. The van der Waals surface area contributed by atoms with E-state index in [0.29, 0.717) is 5.75 Å². The molecule has 1 aromatic rings. The SMILES string of the molecule is CSCCC(NC(=O)COc1ccc(OC(F)(F)F)cc1)C(=O)O. The lowest BCUT2D eigenvalue weighted by Crippen LogP contribution is -2.43. The van der Waals surface area contributed by atoms with Gasteiger partial charge in [-0.15, -0.1) is 13.2 Å². The number of nitrogens with one attached hydrogen (secondary N) is 1. The summed E-state index contributed by atoms with van der Waals surface area (Å²) >= 11 is 1.45. The third-order valence-electron chi connectivity index (χ3n) is 2.67. The largest absolute Gasteiger partial charge is 0.573 e. The van der Waals surface area contributed by atoms with E-state index < -0.39 is 36.6 Å². The maximum Gasteiger partial charge on any atom is 0.573 e. The molecule has 0 aliphatic carbocycles. The van der Waals surface area contributed by atoms with Crippen LogP contribution in [0.15, 0.2) is 24.3 Å². The topological polar surface area (TPSA) is 84.9 Å². The predicted molar refractivity (Wildman–Crippen MR) is 81.2 cm³/mol. The van der Waals surface area contributed by atoms with Crippen LogP contribution >= 0.6 is 11.8 Å². The molecule has 1 rings (SSSR count). The summed E-state index contributed by atoms with van der Waals surface area (Å²) in [5.41, 5.74) is 0. The van der Waals surface area contributed by atoms with Crippen molar-refractivity contribution in [3.05, 3.63) is 24.3 Å². The summed E-state index contributed by atoms with van der Waals surface area (Å²) < 4.78 is 44.8. The van der Waals surface area contributed by atoms with Crippen molar-refractivity contribution in [2.24, 2.45) is 0 Å². The molecule has 0 aromatic heterocycles. The lowest BCUT2D eigenvalue weighted by molar-refractivity contribution is -0.274. The van der Waals surface area contributed by atoms with E-state index in [-0.39, 0.29) is 12.2 Å². The number of alkyl halides is 3. The fraction of sp³-hybridized carbons (Fsp3) is 0.429. The van der Waals surface area contributed by atoms with Gasteiger partial charge in [0.25, 0.3) is 5.91 Å². The Balaban J connectivity index is 2.47. The first-order valence-corrected chi connectivity index (χ1v) is 8.10. The first-order chi connectivity index (χ1) is 11.2. The van der Waals surface area contributed by atoms with Crippen LogP contribution in [0.5, 0.6) is 11.5 Å². The van der Waals surface area contributed by atoms with E-state index in [1.165, 1.54) is 23.9 Å². The molecular weight excluding hydrogens is 351 g/mol. The van der Waals surface area contributed by atoms with E-state index in [2.05, 4.69) is 10.1 Å². The van der Waals surface area contributed by atoms with Crippen molar-refractivity contribution in [3.8, 4) is 11.5 Å². The minimum Gasteiger partial charge on any atom is -0.484 e. The van der Waals surface area contributed by atoms with Crippen molar-refractivity contribution in [2.45, 2.75) is 18.8 Å². The molecule has 134 valence electrons. The molecule has 0 spiro atoms. The number of carbonyl (C=O) groups is 2. The summed E-state index contributed by atoms with van der Waals surface area (Å²) in [6.07, 6.45) is -2.70. The van der Waals surface area contributed by atoms with Gasteiger partial charge in [-0.1, -0.05) is 0 Å². The van der Waals surface area contributed by atoms with Gasteiger partial charge in [-0.3, -0.25) is 4.79 Å². The number of aliphatic carboxylic acids is 1. The van der Waals surface area contributed by atoms with Gasteiger partial charge >= 0.3 is 12.3 Å². The van der Waals surface area contributed by atoms with Crippen LogP contribution in [0, 0.1) is 0 Å². The molecule has 1 unspecified atom stereocenters. The van der Waals surface area contributed by atoms with Gasteiger partial charge in [-0.25, -0.2) is 4.79 Å². The fourth-order valence-corrected chi connectivity index (χ4v) is 2.09. The molecular formula is C14H16F3NO5S. The Morgan fingerprint density at radius 2 is 1.83 bits per heavy atom. The first-order valence-electron chi connectivity index (χ1n) is 6.71. The highest BCUT2D eigenvalue weighted by Crippen LogP contribution is 2.24. The lowest BCUT2D eigenvalue weighted by Gasteiger charge is -2.14. The highest BCUT2D eigenvalue weighted by Gasteiger charge is 2.31. The molecule has 0 bridgehead atoms. The van der Waals surface area contributed by atoms with Crippen LogP contribution in [0.1, 0.15) is 6.42 Å². The molecule has 1 amide bonds. The van der Waals surface area contributed by atoms with E-state index in [9.17, 15) is 22.8 Å². The second kappa shape index (κ2) is 9.26. The standard InChI is InChI=1S/C14H16F3NO5S/c1-24-7-6-11(13(20)21)18-12(19)8-22-9-2-4-10(5-3-9)23-14(15,16)17/h2-5,11H,6-8H2,1H3,(H,18,19)(H,20,21). The van der Waals surface area contributed by atoms with Gasteiger partial charge in [0.05, 0.1) is 0 Å². The Morgan fingerprint density at radius 3 is 2.33 bits per heavy atom. The number of benzene rings is 1.